The molecule has 17 heavy (non-hydrogen) atoms. The van der Waals surface area contributed by atoms with Crippen LogP contribution in [-0.2, 0) is 10.2 Å². The van der Waals surface area contributed by atoms with Gasteiger partial charge in [0.05, 0.1) is 6.42 Å². The number of benzene rings is 1. The van der Waals surface area contributed by atoms with Crippen molar-refractivity contribution in [3.8, 4) is 5.75 Å². The first-order valence-corrected chi connectivity index (χ1v) is 5.28. The van der Waals surface area contributed by atoms with E-state index >= 15 is 0 Å². The number of carboxylic acid groups (broad SMARTS) is 1. The minimum atomic E-state index is -2.63. The Morgan fingerprint density at radius 1 is 1.41 bits per heavy atom. The van der Waals surface area contributed by atoms with Gasteiger partial charge in [0.2, 0.25) is 0 Å². The van der Waals surface area contributed by atoms with Crippen LogP contribution in [0, 0.1) is 0 Å². The maximum Gasteiger partial charge on any atom is 0.304 e. The molecule has 0 aliphatic heterocycles. The van der Waals surface area contributed by atoms with Crippen molar-refractivity contribution < 1.29 is 23.8 Å². The number of aromatic hydroxyl groups is 1. The number of carboxylic acids is 1. The first kappa shape index (κ1) is 11.8. The Kier molecular flexibility index (Phi) is 2.77. The van der Waals surface area contributed by atoms with Gasteiger partial charge in [-0.25, -0.2) is 8.78 Å². The van der Waals surface area contributed by atoms with Crippen molar-refractivity contribution in [2.24, 2.45) is 0 Å². The largest absolute Gasteiger partial charge is 0.508 e. The summed E-state index contributed by atoms with van der Waals surface area (Å²) in [6.45, 7) is 0. The molecule has 0 bridgehead atoms. The number of carbonyl (C=O) groups is 1. The second-order valence-electron chi connectivity index (χ2n) is 4.43. The summed E-state index contributed by atoms with van der Waals surface area (Å²) >= 11 is 0. The van der Waals surface area contributed by atoms with E-state index in [0.29, 0.717) is 18.4 Å². The van der Waals surface area contributed by atoms with E-state index in [1.807, 2.05) is 0 Å². The molecular weight excluding hydrogens is 230 g/mol. The molecule has 0 heterocycles. The molecule has 2 N–H and O–H groups in total. The first-order chi connectivity index (χ1) is 7.94. The predicted octanol–water partition coefficient (Wildman–Crippen LogP) is 2.84. The molecule has 0 spiro atoms. The number of phenols is 1. The maximum atomic E-state index is 12.4. The van der Waals surface area contributed by atoms with E-state index in [9.17, 15) is 18.7 Å². The zero-order chi connectivity index (χ0) is 12.6. The molecule has 0 unspecified atom stereocenters. The molecular formula is C12H12F2O3. The lowest BCUT2D eigenvalue weighted by atomic mass is 9.91. The monoisotopic (exact) mass is 242 g/mol. The number of alkyl halides is 2. The van der Waals surface area contributed by atoms with Gasteiger partial charge in [0.25, 0.3) is 6.43 Å². The Balaban J connectivity index is 2.31. The van der Waals surface area contributed by atoms with Gasteiger partial charge in [-0.15, -0.1) is 0 Å². The molecule has 0 atom stereocenters. The summed E-state index contributed by atoms with van der Waals surface area (Å²) < 4.78 is 24.8. The van der Waals surface area contributed by atoms with Crippen LogP contribution in [0.2, 0.25) is 0 Å². The third-order valence-electron chi connectivity index (χ3n) is 3.19. The smallest absolute Gasteiger partial charge is 0.304 e. The van der Waals surface area contributed by atoms with Crippen molar-refractivity contribution in [2.45, 2.75) is 31.1 Å². The van der Waals surface area contributed by atoms with E-state index in [1.54, 1.807) is 0 Å². The summed E-state index contributed by atoms with van der Waals surface area (Å²) in [5.74, 6) is -1.18. The van der Waals surface area contributed by atoms with Crippen LogP contribution < -0.4 is 0 Å². The SMILES string of the molecule is O=C(O)CC1(c2ccc(C(F)F)cc2O)CC1. The molecule has 5 heteroatoms. The minimum absolute atomic E-state index is 0.0748. The summed E-state index contributed by atoms with van der Waals surface area (Å²) in [6.07, 6.45) is -1.37. The molecule has 1 aliphatic rings. The Morgan fingerprint density at radius 3 is 2.47 bits per heavy atom. The summed E-state index contributed by atoms with van der Waals surface area (Å²) in [7, 11) is 0. The van der Waals surface area contributed by atoms with Crippen molar-refractivity contribution in [3.63, 3.8) is 0 Å². The number of halogens is 2. The van der Waals surface area contributed by atoms with Crippen molar-refractivity contribution in [3.05, 3.63) is 29.3 Å². The van der Waals surface area contributed by atoms with Gasteiger partial charge in [-0.05, 0) is 18.9 Å². The normalized spacial score (nSPS) is 17.1. The lowest BCUT2D eigenvalue weighted by Gasteiger charge is -2.15. The van der Waals surface area contributed by atoms with Crippen molar-refractivity contribution in [1.29, 1.82) is 0 Å². The third kappa shape index (κ3) is 2.23. The van der Waals surface area contributed by atoms with Crippen LogP contribution in [0.4, 0.5) is 8.78 Å². The molecule has 1 fully saturated rings. The van der Waals surface area contributed by atoms with Gasteiger partial charge in [-0.3, -0.25) is 4.79 Å². The Labute approximate surface area is 96.7 Å². The summed E-state index contributed by atoms with van der Waals surface area (Å²) in [5.41, 5.74) is -0.349. The van der Waals surface area contributed by atoms with E-state index in [0.717, 1.165) is 6.07 Å². The molecule has 0 saturated heterocycles. The molecule has 1 aromatic rings. The van der Waals surface area contributed by atoms with Crippen LogP contribution in [0.3, 0.4) is 0 Å². The minimum Gasteiger partial charge on any atom is -0.508 e. The molecule has 3 nitrogen and oxygen atoms in total. The standard InChI is InChI=1S/C12H12F2O3/c13-11(14)7-1-2-8(9(15)5-7)12(3-4-12)6-10(16)17/h1-2,5,11,15H,3-4,6H2,(H,16,17). The van der Waals surface area contributed by atoms with Gasteiger partial charge < -0.3 is 10.2 Å². The molecule has 2 rings (SSSR count). The first-order valence-electron chi connectivity index (χ1n) is 5.28. The molecule has 0 amide bonds. The topological polar surface area (TPSA) is 57.5 Å². The van der Waals surface area contributed by atoms with Crippen LogP contribution in [0.15, 0.2) is 18.2 Å². The van der Waals surface area contributed by atoms with Crippen molar-refractivity contribution in [2.75, 3.05) is 0 Å². The van der Waals surface area contributed by atoms with Crippen LogP contribution >= 0.6 is 0 Å². The summed E-state index contributed by atoms with van der Waals surface area (Å²) in [4.78, 5) is 10.7. The Hall–Kier alpha value is -1.65. The highest BCUT2D eigenvalue weighted by Gasteiger charge is 2.47. The molecule has 1 saturated carbocycles. The summed E-state index contributed by atoms with van der Waals surface area (Å²) in [5, 5.41) is 18.5. The van der Waals surface area contributed by atoms with Crippen LogP contribution in [-0.4, -0.2) is 16.2 Å². The Bertz CT molecular complexity index is 453. The van der Waals surface area contributed by atoms with Gasteiger partial charge in [0.15, 0.2) is 0 Å². The van der Waals surface area contributed by atoms with Gasteiger partial charge in [0.1, 0.15) is 5.75 Å². The zero-order valence-corrected chi connectivity index (χ0v) is 8.99. The third-order valence-corrected chi connectivity index (χ3v) is 3.19. The van der Waals surface area contributed by atoms with E-state index in [4.69, 9.17) is 5.11 Å². The number of phenolic OH excluding ortho intramolecular Hbond substituents is 1. The fraction of sp³-hybridized carbons (Fsp3) is 0.417. The van der Waals surface area contributed by atoms with Gasteiger partial charge in [0, 0.05) is 16.5 Å². The number of hydrogen-bond donors (Lipinski definition) is 2. The molecule has 1 aliphatic carbocycles. The highest BCUT2D eigenvalue weighted by Crippen LogP contribution is 2.53. The number of aliphatic carboxylic acids is 1. The summed E-state index contributed by atoms with van der Waals surface area (Å²) in [6, 6.07) is 3.66. The number of rotatable bonds is 4. The van der Waals surface area contributed by atoms with Crippen LogP contribution in [0.1, 0.15) is 36.8 Å². The lowest BCUT2D eigenvalue weighted by molar-refractivity contribution is -0.137. The maximum absolute atomic E-state index is 12.4. The molecule has 0 radical (unpaired) electrons. The van der Waals surface area contributed by atoms with Crippen molar-refractivity contribution in [1.82, 2.24) is 0 Å². The average Bonchev–Trinajstić information content (AvgIpc) is 2.97. The van der Waals surface area contributed by atoms with E-state index < -0.39 is 17.8 Å². The average molecular weight is 242 g/mol. The lowest BCUT2D eigenvalue weighted by Crippen LogP contribution is -2.13. The van der Waals surface area contributed by atoms with E-state index in [2.05, 4.69) is 0 Å². The van der Waals surface area contributed by atoms with E-state index in [-0.39, 0.29) is 17.7 Å². The van der Waals surface area contributed by atoms with Crippen molar-refractivity contribution >= 4 is 5.97 Å². The second-order valence-corrected chi connectivity index (χ2v) is 4.43. The van der Waals surface area contributed by atoms with Crippen LogP contribution in [0.5, 0.6) is 5.75 Å². The highest BCUT2D eigenvalue weighted by atomic mass is 19.3. The quantitative estimate of drug-likeness (QED) is 0.853. The predicted molar refractivity (Wildman–Crippen MR) is 56.2 cm³/mol. The van der Waals surface area contributed by atoms with Crippen LogP contribution in [0.25, 0.3) is 0 Å². The Morgan fingerprint density at radius 2 is 2.06 bits per heavy atom. The van der Waals surface area contributed by atoms with Gasteiger partial charge >= 0.3 is 5.97 Å². The zero-order valence-electron chi connectivity index (χ0n) is 8.99. The van der Waals surface area contributed by atoms with Gasteiger partial charge in [-0.2, -0.15) is 0 Å². The fourth-order valence-electron chi connectivity index (χ4n) is 2.11. The number of hydrogen-bond acceptors (Lipinski definition) is 2. The van der Waals surface area contributed by atoms with E-state index in [1.165, 1.54) is 12.1 Å². The second kappa shape index (κ2) is 3.98. The van der Waals surface area contributed by atoms with Gasteiger partial charge in [-0.1, -0.05) is 12.1 Å². The molecule has 92 valence electrons. The highest BCUT2D eigenvalue weighted by molar-refractivity contribution is 5.70. The molecule has 0 aromatic heterocycles. The molecule has 1 aromatic carbocycles. The fourth-order valence-corrected chi connectivity index (χ4v) is 2.11.